The van der Waals surface area contributed by atoms with Crippen molar-refractivity contribution in [2.24, 2.45) is 5.73 Å². The number of nitrogens with two attached hydrogens (primary N) is 1. The van der Waals surface area contributed by atoms with E-state index in [9.17, 15) is 0 Å². The van der Waals surface area contributed by atoms with Gasteiger partial charge < -0.3 is 10.6 Å². The molecule has 1 aromatic carbocycles. The van der Waals surface area contributed by atoms with Gasteiger partial charge in [-0.15, -0.1) is 5.10 Å². The third kappa shape index (κ3) is 2.82. The zero-order valence-electron chi connectivity index (χ0n) is 10.8. The minimum Gasteiger partial charge on any atom is -0.339 e. The molecule has 0 atom stereocenters. The summed E-state index contributed by atoms with van der Waals surface area (Å²) in [7, 11) is 0. The second kappa shape index (κ2) is 5.71. The Balaban J connectivity index is 1.85. The summed E-state index contributed by atoms with van der Waals surface area (Å²) in [6.45, 7) is 1.80. The Morgan fingerprint density at radius 1 is 1.35 bits per heavy atom. The molecule has 5 nitrogen and oxygen atoms in total. The summed E-state index contributed by atoms with van der Waals surface area (Å²) in [5.41, 5.74) is 6.82. The molecule has 2 aromatic rings. The maximum atomic E-state index is 6.03. The summed E-state index contributed by atoms with van der Waals surface area (Å²) in [6.07, 6.45) is 1.95. The van der Waals surface area contributed by atoms with Gasteiger partial charge in [-0.1, -0.05) is 27.5 Å². The van der Waals surface area contributed by atoms with E-state index in [0.717, 1.165) is 41.9 Å². The zero-order chi connectivity index (χ0) is 14.1. The largest absolute Gasteiger partial charge is 0.339 e. The van der Waals surface area contributed by atoms with Crippen LogP contribution < -0.4 is 10.6 Å². The van der Waals surface area contributed by atoms with Gasteiger partial charge in [0.2, 0.25) is 5.95 Å². The number of hydrogen-bond donors (Lipinski definition) is 2. The van der Waals surface area contributed by atoms with E-state index >= 15 is 0 Å². The monoisotopic (exact) mass is 355 g/mol. The van der Waals surface area contributed by atoms with Gasteiger partial charge in [0.05, 0.1) is 0 Å². The van der Waals surface area contributed by atoms with E-state index in [-0.39, 0.29) is 0 Å². The van der Waals surface area contributed by atoms with Gasteiger partial charge in [-0.2, -0.15) is 4.98 Å². The highest BCUT2D eigenvalue weighted by molar-refractivity contribution is 9.10. The van der Waals surface area contributed by atoms with Gasteiger partial charge in [0, 0.05) is 34.2 Å². The Labute approximate surface area is 130 Å². The number of piperidine rings is 1. The minimum absolute atomic E-state index is 0.298. The third-order valence-corrected chi connectivity index (χ3v) is 4.41. The van der Waals surface area contributed by atoms with Gasteiger partial charge in [0.15, 0.2) is 5.82 Å². The molecule has 0 aliphatic carbocycles. The highest BCUT2D eigenvalue weighted by Crippen LogP contribution is 2.29. The number of rotatable bonds is 2. The van der Waals surface area contributed by atoms with Crippen LogP contribution in [0.1, 0.15) is 12.8 Å². The lowest BCUT2D eigenvalue weighted by atomic mass is 10.1. The van der Waals surface area contributed by atoms with E-state index in [1.807, 2.05) is 18.2 Å². The van der Waals surface area contributed by atoms with Gasteiger partial charge in [-0.25, -0.2) is 0 Å². The summed E-state index contributed by atoms with van der Waals surface area (Å²) in [4.78, 5) is 6.72. The number of aromatic amines is 1. The summed E-state index contributed by atoms with van der Waals surface area (Å²) in [5, 5.41) is 7.94. The topological polar surface area (TPSA) is 70.8 Å². The SMILES string of the molecule is NC1CCN(c2n[nH]c(-c3cc(Cl)ccc3Br)n2)CC1. The van der Waals surface area contributed by atoms with Crippen LogP contribution >= 0.6 is 27.5 Å². The third-order valence-electron chi connectivity index (χ3n) is 3.48. The van der Waals surface area contributed by atoms with E-state index in [0.29, 0.717) is 16.9 Å². The first kappa shape index (κ1) is 13.9. The van der Waals surface area contributed by atoms with E-state index in [2.05, 4.69) is 36.0 Å². The first-order valence-corrected chi connectivity index (χ1v) is 7.69. The lowest BCUT2D eigenvalue weighted by Crippen LogP contribution is -2.40. The number of nitrogens with one attached hydrogen (secondary N) is 1. The summed E-state index contributed by atoms with van der Waals surface area (Å²) in [6, 6.07) is 5.90. The predicted molar refractivity (Wildman–Crippen MR) is 84.0 cm³/mol. The normalized spacial score (nSPS) is 16.6. The molecule has 2 heterocycles. The van der Waals surface area contributed by atoms with E-state index < -0.39 is 0 Å². The second-order valence-electron chi connectivity index (χ2n) is 4.93. The van der Waals surface area contributed by atoms with E-state index in [1.165, 1.54) is 0 Å². The molecular weight excluding hydrogens is 342 g/mol. The van der Waals surface area contributed by atoms with Gasteiger partial charge in [-0.05, 0) is 31.0 Å². The molecule has 1 aromatic heterocycles. The number of nitrogens with zero attached hydrogens (tertiary/aromatic N) is 3. The molecule has 0 bridgehead atoms. The first-order chi connectivity index (χ1) is 9.63. The van der Waals surface area contributed by atoms with Gasteiger partial charge >= 0.3 is 0 Å². The molecule has 1 aliphatic heterocycles. The van der Waals surface area contributed by atoms with Crippen LogP contribution in [0.4, 0.5) is 5.95 Å². The van der Waals surface area contributed by atoms with Crippen LogP contribution in [0.15, 0.2) is 22.7 Å². The summed E-state index contributed by atoms with van der Waals surface area (Å²) in [5.74, 6) is 1.43. The molecule has 106 valence electrons. The van der Waals surface area contributed by atoms with Crippen molar-refractivity contribution in [3.05, 3.63) is 27.7 Å². The van der Waals surface area contributed by atoms with Crippen LogP contribution in [0.25, 0.3) is 11.4 Å². The van der Waals surface area contributed by atoms with Gasteiger partial charge in [-0.3, -0.25) is 5.10 Å². The van der Waals surface area contributed by atoms with Crippen molar-refractivity contribution < 1.29 is 0 Å². The number of hydrogen-bond acceptors (Lipinski definition) is 4. The van der Waals surface area contributed by atoms with Crippen LogP contribution in [0.5, 0.6) is 0 Å². The molecule has 20 heavy (non-hydrogen) atoms. The average molecular weight is 357 g/mol. The minimum atomic E-state index is 0.298. The molecule has 0 amide bonds. The molecule has 0 spiro atoms. The van der Waals surface area contributed by atoms with Crippen molar-refractivity contribution in [3.8, 4) is 11.4 Å². The fraction of sp³-hybridized carbons (Fsp3) is 0.385. The van der Waals surface area contributed by atoms with Crippen molar-refractivity contribution in [1.29, 1.82) is 0 Å². The number of halogens is 2. The molecule has 1 aliphatic rings. The maximum Gasteiger partial charge on any atom is 0.245 e. The van der Waals surface area contributed by atoms with Crippen LogP contribution in [0.3, 0.4) is 0 Å². The highest BCUT2D eigenvalue weighted by Gasteiger charge is 2.20. The number of anilines is 1. The quantitative estimate of drug-likeness (QED) is 0.868. The fourth-order valence-electron chi connectivity index (χ4n) is 2.29. The molecule has 1 saturated heterocycles. The Bertz CT molecular complexity index is 607. The average Bonchev–Trinajstić information content (AvgIpc) is 2.92. The summed E-state index contributed by atoms with van der Waals surface area (Å²) >= 11 is 9.53. The predicted octanol–water partition coefficient (Wildman–Crippen LogP) is 2.82. The van der Waals surface area contributed by atoms with Crippen molar-refractivity contribution in [3.63, 3.8) is 0 Å². The maximum absolute atomic E-state index is 6.03. The molecule has 3 rings (SSSR count). The molecule has 3 N–H and O–H groups in total. The van der Waals surface area contributed by atoms with Crippen molar-refractivity contribution in [2.75, 3.05) is 18.0 Å². The lowest BCUT2D eigenvalue weighted by molar-refractivity contribution is 0.496. The molecule has 7 heteroatoms. The Morgan fingerprint density at radius 3 is 2.85 bits per heavy atom. The number of aromatic nitrogens is 3. The molecule has 0 unspecified atom stereocenters. The lowest BCUT2D eigenvalue weighted by Gasteiger charge is -2.28. The fourth-order valence-corrected chi connectivity index (χ4v) is 2.90. The van der Waals surface area contributed by atoms with Crippen LogP contribution in [-0.4, -0.2) is 34.3 Å². The Morgan fingerprint density at radius 2 is 2.10 bits per heavy atom. The highest BCUT2D eigenvalue weighted by atomic mass is 79.9. The van der Waals surface area contributed by atoms with Gasteiger partial charge in [0.25, 0.3) is 0 Å². The van der Waals surface area contributed by atoms with Crippen LogP contribution in [-0.2, 0) is 0 Å². The van der Waals surface area contributed by atoms with Crippen molar-refractivity contribution in [1.82, 2.24) is 15.2 Å². The molecular formula is C13H15BrClN5. The number of H-pyrrole nitrogens is 1. The molecule has 0 saturated carbocycles. The van der Waals surface area contributed by atoms with Crippen molar-refractivity contribution >= 4 is 33.5 Å². The number of benzene rings is 1. The first-order valence-electron chi connectivity index (χ1n) is 6.52. The Hall–Kier alpha value is -1.11. The van der Waals surface area contributed by atoms with Gasteiger partial charge in [0.1, 0.15) is 0 Å². The van der Waals surface area contributed by atoms with Crippen LogP contribution in [0, 0.1) is 0 Å². The van der Waals surface area contributed by atoms with Crippen molar-refractivity contribution in [2.45, 2.75) is 18.9 Å². The smallest absolute Gasteiger partial charge is 0.245 e. The second-order valence-corrected chi connectivity index (χ2v) is 6.22. The molecule has 0 radical (unpaired) electrons. The van der Waals surface area contributed by atoms with E-state index in [1.54, 1.807) is 0 Å². The zero-order valence-corrected chi connectivity index (χ0v) is 13.2. The van der Waals surface area contributed by atoms with E-state index in [4.69, 9.17) is 17.3 Å². The summed E-state index contributed by atoms with van der Waals surface area (Å²) < 4.78 is 0.935. The standard InChI is InChI=1S/C13H15BrClN5/c14-11-2-1-8(15)7-10(11)12-17-13(19-18-12)20-5-3-9(16)4-6-20/h1-2,7,9H,3-6,16H2,(H,17,18,19). The van der Waals surface area contributed by atoms with Crippen LogP contribution in [0.2, 0.25) is 5.02 Å². The molecule has 1 fully saturated rings. The Kier molecular flexibility index (Phi) is 3.96.